The molecule has 3 aromatic heterocycles. The predicted octanol–water partition coefficient (Wildman–Crippen LogP) is 1.41. The van der Waals surface area contributed by atoms with Crippen molar-refractivity contribution >= 4 is 21.6 Å². The first-order chi connectivity index (χ1) is 14.1. The van der Waals surface area contributed by atoms with E-state index in [1.807, 2.05) is 0 Å². The van der Waals surface area contributed by atoms with Gasteiger partial charge in [-0.3, -0.25) is 0 Å². The molecule has 0 saturated heterocycles. The van der Waals surface area contributed by atoms with Crippen LogP contribution in [0.4, 0.5) is 19.1 Å². The Balaban J connectivity index is 1.96. The standard InChI is InChI=1S/C15H15F3N6O5S/c1-27-9-6-10(28-2)24-14(21-9)22-13(23-24)20-7-30(25,26)11-8(15(16,17)18)4-5-19-12(11)29-3/h4-6H,7H2,1-3H3,(H,20,23). The molecule has 0 unspecified atom stereocenters. The Hall–Kier alpha value is -3.36. The molecule has 0 aliphatic rings. The van der Waals surface area contributed by atoms with E-state index in [1.165, 1.54) is 20.3 Å². The normalized spacial score (nSPS) is 12.1. The van der Waals surface area contributed by atoms with E-state index in [-0.39, 0.29) is 23.5 Å². The Kier molecular flexibility index (Phi) is 5.56. The van der Waals surface area contributed by atoms with E-state index >= 15 is 0 Å². The molecule has 30 heavy (non-hydrogen) atoms. The SMILES string of the molecule is COc1cc(OC)n2nc(NCS(=O)(=O)c3c(C(F)(F)F)ccnc3OC)nc2n1. The number of nitrogens with zero attached hydrogens (tertiary/aromatic N) is 5. The third kappa shape index (κ3) is 4.00. The molecule has 0 amide bonds. The number of aromatic nitrogens is 5. The lowest BCUT2D eigenvalue weighted by molar-refractivity contribution is -0.140. The highest BCUT2D eigenvalue weighted by Gasteiger charge is 2.40. The average molecular weight is 448 g/mol. The summed E-state index contributed by atoms with van der Waals surface area (Å²) in [6.45, 7) is 0. The van der Waals surface area contributed by atoms with Crippen LogP contribution in [0.25, 0.3) is 5.78 Å². The zero-order valence-corrected chi connectivity index (χ0v) is 16.6. The average Bonchev–Trinajstić information content (AvgIpc) is 3.13. The Labute approximate surface area is 167 Å². The van der Waals surface area contributed by atoms with Gasteiger partial charge in [-0.2, -0.15) is 27.7 Å². The number of ether oxygens (including phenoxy) is 3. The quantitative estimate of drug-likeness (QED) is 0.566. The first kappa shape index (κ1) is 21.4. The fraction of sp³-hybridized carbons (Fsp3) is 0.333. The van der Waals surface area contributed by atoms with Crippen molar-refractivity contribution in [3.63, 3.8) is 0 Å². The molecule has 0 aromatic carbocycles. The van der Waals surface area contributed by atoms with Crippen LogP contribution in [0.2, 0.25) is 0 Å². The number of methoxy groups -OCH3 is 3. The maximum atomic E-state index is 13.3. The summed E-state index contributed by atoms with van der Waals surface area (Å²) in [6.07, 6.45) is -4.13. The molecule has 0 spiro atoms. The Morgan fingerprint density at radius 1 is 1.13 bits per heavy atom. The number of fused-ring (bicyclic) bond motifs is 1. The highest BCUT2D eigenvalue weighted by atomic mass is 32.2. The molecule has 3 heterocycles. The number of anilines is 1. The summed E-state index contributed by atoms with van der Waals surface area (Å²) in [6, 6.07) is 1.97. The zero-order chi connectivity index (χ0) is 22.1. The highest BCUT2D eigenvalue weighted by Crippen LogP contribution is 2.38. The lowest BCUT2D eigenvalue weighted by Gasteiger charge is -2.15. The molecule has 0 radical (unpaired) electrons. The van der Waals surface area contributed by atoms with Crippen molar-refractivity contribution in [2.45, 2.75) is 11.1 Å². The number of pyridine rings is 1. The monoisotopic (exact) mass is 448 g/mol. The second kappa shape index (κ2) is 7.81. The number of nitrogens with one attached hydrogen (secondary N) is 1. The molecule has 0 aliphatic carbocycles. The number of halogens is 3. The summed E-state index contributed by atoms with van der Waals surface area (Å²) in [4.78, 5) is 10.5. The Morgan fingerprint density at radius 2 is 1.87 bits per heavy atom. The fourth-order valence-corrected chi connectivity index (χ4v) is 3.86. The van der Waals surface area contributed by atoms with E-state index in [9.17, 15) is 21.6 Å². The summed E-state index contributed by atoms with van der Waals surface area (Å²) >= 11 is 0. The van der Waals surface area contributed by atoms with Crippen LogP contribution in [0.5, 0.6) is 17.6 Å². The van der Waals surface area contributed by atoms with Crippen LogP contribution >= 0.6 is 0 Å². The number of hydrogen-bond donors (Lipinski definition) is 1. The van der Waals surface area contributed by atoms with Crippen molar-refractivity contribution in [1.82, 2.24) is 24.6 Å². The van der Waals surface area contributed by atoms with Crippen molar-refractivity contribution in [2.75, 3.05) is 32.5 Å². The lowest BCUT2D eigenvalue weighted by atomic mass is 10.2. The van der Waals surface area contributed by atoms with E-state index in [1.54, 1.807) is 0 Å². The zero-order valence-electron chi connectivity index (χ0n) is 15.8. The number of sulfone groups is 1. The molecule has 162 valence electrons. The summed E-state index contributed by atoms with van der Waals surface area (Å²) < 4.78 is 81.4. The van der Waals surface area contributed by atoms with E-state index in [0.29, 0.717) is 6.07 Å². The van der Waals surface area contributed by atoms with Gasteiger partial charge in [-0.1, -0.05) is 0 Å². The van der Waals surface area contributed by atoms with Gasteiger partial charge in [0.15, 0.2) is 0 Å². The molecule has 15 heteroatoms. The second-order valence-corrected chi connectivity index (χ2v) is 7.55. The first-order valence-corrected chi connectivity index (χ1v) is 9.68. The Morgan fingerprint density at radius 3 is 2.47 bits per heavy atom. The van der Waals surface area contributed by atoms with Crippen molar-refractivity contribution in [3.05, 3.63) is 23.9 Å². The maximum Gasteiger partial charge on any atom is 0.417 e. The molecule has 3 rings (SSSR count). The summed E-state index contributed by atoms with van der Waals surface area (Å²) in [5.74, 6) is -1.49. The van der Waals surface area contributed by atoms with Crippen LogP contribution in [0, 0.1) is 0 Å². The number of alkyl halides is 3. The van der Waals surface area contributed by atoms with E-state index in [2.05, 4.69) is 25.4 Å². The van der Waals surface area contributed by atoms with Crippen molar-refractivity contribution in [1.29, 1.82) is 0 Å². The molecular weight excluding hydrogens is 433 g/mol. The van der Waals surface area contributed by atoms with Gasteiger partial charge in [-0.05, 0) is 6.07 Å². The molecule has 3 aromatic rings. The van der Waals surface area contributed by atoms with Crippen LogP contribution in [0.3, 0.4) is 0 Å². The van der Waals surface area contributed by atoms with Gasteiger partial charge in [0, 0.05) is 6.20 Å². The smallest absolute Gasteiger partial charge is 0.417 e. The van der Waals surface area contributed by atoms with E-state index < -0.39 is 38.2 Å². The largest absolute Gasteiger partial charge is 0.481 e. The third-order valence-electron chi connectivity index (χ3n) is 3.78. The van der Waals surface area contributed by atoms with Crippen LogP contribution in [0.1, 0.15) is 5.56 Å². The van der Waals surface area contributed by atoms with Gasteiger partial charge in [0.2, 0.25) is 33.4 Å². The Bertz CT molecular complexity index is 1180. The van der Waals surface area contributed by atoms with Gasteiger partial charge in [-0.25, -0.2) is 13.4 Å². The van der Waals surface area contributed by atoms with Crippen LogP contribution in [-0.2, 0) is 16.0 Å². The van der Waals surface area contributed by atoms with Crippen LogP contribution in [-0.4, -0.2) is 60.2 Å². The lowest BCUT2D eigenvalue weighted by Crippen LogP contribution is -2.21. The number of rotatable bonds is 7. The van der Waals surface area contributed by atoms with Crippen molar-refractivity contribution in [2.24, 2.45) is 0 Å². The molecule has 11 nitrogen and oxygen atoms in total. The minimum atomic E-state index is -4.94. The number of hydrogen-bond acceptors (Lipinski definition) is 10. The summed E-state index contributed by atoms with van der Waals surface area (Å²) in [5, 5.41) is 6.36. The molecule has 0 saturated carbocycles. The minimum Gasteiger partial charge on any atom is -0.481 e. The molecule has 0 fully saturated rings. The van der Waals surface area contributed by atoms with Gasteiger partial charge in [-0.15, -0.1) is 5.10 Å². The maximum absolute atomic E-state index is 13.3. The van der Waals surface area contributed by atoms with Gasteiger partial charge in [0.25, 0.3) is 5.78 Å². The third-order valence-corrected chi connectivity index (χ3v) is 5.32. The first-order valence-electron chi connectivity index (χ1n) is 8.03. The van der Waals surface area contributed by atoms with Crippen LogP contribution < -0.4 is 19.5 Å². The fourth-order valence-electron chi connectivity index (χ4n) is 2.48. The topological polar surface area (TPSA) is 130 Å². The van der Waals surface area contributed by atoms with E-state index in [0.717, 1.165) is 17.8 Å². The predicted molar refractivity (Wildman–Crippen MR) is 95.4 cm³/mol. The van der Waals surface area contributed by atoms with E-state index in [4.69, 9.17) is 14.2 Å². The summed E-state index contributed by atoms with van der Waals surface area (Å²) in [7, 11) is -0.811. The highest BCUT2D eigenvalue weighted by molar-refractivity contribution is 7.91. The second-order valence-electron chi connectivity index (χ2n) is 5.62. The van der Waals surface area contributed by atoms with Crippen molar-refractivity contribution < 1.29 is 35.8 Å². The molecular formula is C15H15F3N6O5S. The van der Waals surface area contributed by atoms with Crippen LogP contribution in [0.15, 0.2) is 23.2 Å². The summed E-state index contributed by atoms with van der Waals surface area (Å²) in [5.41, 5.74) is -1.40. The molecule has 0 bridgehead atoms. The minimum absolute atomic E-state index is 0.0148. The van der Waals surface area contributed by atoms with Gasteiger partial charge >= 0.3 is 6.18 Å². The molecule has 1 N–H and O–H groups in total. The van der Waals surface area contributed by atoms with Gasteiger partial charge in [0.05, 0.1) is 33.0 Å². The van der Waals surface area contributed by atoms with Crippen molar-refractivity contribution in [3.8, 4) is 17.6 Å². The van der Waals surface area contributed by atoms with Gasteiger partial charge < -0.3 is 19.5 Å². The van der Waals surface area contributed by atoms with Gasteiger partial charge in [0.1, 0.15) is 10.8 Å². The molecule has 0 atom stereocenters. The molecule has 0 aliphatic heterocycles.